The predicted molar refractivity (Wildman–Crippen MR) is 78.4 cm³/mol. The highest BCUT2D eigenvalue weighted by atomic mass is 32.2. The van der Waals surface area contributed by atoms with Crippen LogP contribution in [-0.4, -0.2) is 26.8 Å². The molecule has 0 aliphatic rings. The van der Waals surface area contributed by atoms with Crippen molar-refractivity contribution in [2.45, 2.75) is 12.1 Å². The Morgan fingerprint density at radius 2 is 2.10 bits per heavy atom. The van der Waals surface area contributed by atoms with E-state index in [1.54, 1.807) is 0 Å². The molecule has 7 heteroatoms. The van der Waals surface area contributed by atoms with Crippen molar-refractivity contribution in [2.24, 2.45) is 0 Å². The number of carboxylic acid groups (broad SMARTS) is 1. The predicted octanol–water partition coefficient (Wildman–Crippen LogP) is 2.12. The summed E-state index contributed by atoms with van der Waals surface area (Å²) in [6.45, 7) is 1.92. The van der Waals surface area contributed by atoms with Gasteiger partial charge in [-0.3, -0.25) is 4.79 Å². The number of carboxylic acids is 1. The van der Waals surface area contributed by atoms with Crippen LogP contribution in [0, 0.1) is 11.3 Å². The van der Waals surface area contributed by atoms with E-state index < -0.39 is 11.5 Å². The third kappa shape index (κ3) is 3.12. The van der Waals surface area contributed by atoms with Gasteiger partial charge in [0.25, 0.3) is 5.56 Å². The Morgan fingerprint density at radius 1 is 1.43 bits per heavy atom. The number of aromatic amines is 1. The van der Waals surface area contributed by atoms with E-state index in [2.05, 4.69) is 9.97 Å². The standard InChI is InChI=1S/C14H11N3O3S/c1-2-21-14-16-11(10(7-15)12(18)17-14)8-3-5-9(6-4-8)13(19)20/h3-6H,2H2,1H3,(H,19,20)(H,16,17,18). The topological polar surface area (TPSA) is 107 Å². The van der Waals surface area contributed by atoms with Crippen LogP contribution < -0.4 is 5.56 Å². The fourth-order valence-electron chi connectivity index (χ4n) is 1.74. The van der Waals surface area contributed by atoms with Crippen LogP contribution in [0.25, 0.3) is 11.3 Å². The Morgan fingerprint density at radius 3 is 2.62 bits per heavy atom. The van der Waals surface area contributed by atoms with Gasteiger partial charge in [0.15, 0.2) is 5.16 Å². The first-order valence-corrected chi connectivity index (χ1v) is 7.06. The number of benzene rings is 1. The first kappa shape index (κ1) is 14.8. The van der Waals surface area contributed by atoms with E-state index in [1.807, 2.05) is 13.0 Å². The van der Waals surface area contributed by atoms with Gasteiger partial charge in [-0.15, -0.1) is 0 Å². The molecular weight excluding hydrogens is 290 g/mol. The summed E-state index contributed by atoms with van der Waals surface area (Å²) in [6.07, 6.45) is 0. The molecule has 0 amide bonds. The van der Waals surface area contributed by atoms with Crippen LogP contribution in [0.5, 0.6) is 0 Å². The van der Waals surface area contributed by atoms with Gasteiger partial charge in [-0.05, 0) is 17.9 Å². The summed E-state index contributed by atoms with van der Waals surface area (Å²) in [6, 6.07) is 7.73. The molecule has 1 aromatic heterocycles. The molecule has 0 radical (unpaired) electrons. The quantitative estimate of drug-likeness (QED) is 0.661. The first-order chi connectivity index (χ1) is 10.1. The Hall–Kier alpha value is -2.59. The molecule has 1 aromatic carbocycles. The number of H-pyrrole nitrogens is 1. The zero-order valence-electron chi connectivity index (χ0n) is 11.1. The highest BCUT2D eigenvalue weighted by Gasteiger charge is 2.14. The summed E-state index contributed by atoms with van der Waals surface area (Å²) in [5.74, 6) is -0.310. The minimum atomic E-state index is -1.04. The van der Waals surface area contributed by atoms with Crippen LogP contribution in [0.2, 0.25) is 0 Å². The maximum absolute atomic E-state index is 11.9. The van der Waals surface area contributed by atoms with Crippen molar-refractivity contribution in [2.75, 3.05) is 5.75 Å². The maximum atomic E-state index is 11.9. The van der Waals surface area contributed by atoms with E-state index in [1.165, 1.54) is 36.0 Å². The van der Waals surface area contributed by atoms with Crippen molar-refractivity contribution in [1.82, 2.24) is 9.97 Å². The van der Waals surface area contributed by atoms with Gasteiger partial charge in [0, 0.05) is 5.56 Å². The van der Waals surface area contributed by atoms with E-state index in [-0.39, 0.29) is 16.8 Å². The van der Waals surface area contributed by atoms with E-state index in [0.717, 1.165) is 5.75 Å². The lowest BCUT2D eigenvalue weighted by Crippen LogP contribution is -2.14. The lowest BCUT2D eigenvalue weighted by atomic mass is 10.1. The molecule has 0 spiro atoms. The molecule has 2 N–H and O–H groups in total. The molecule has 106 valence electrons. The molecule has 0 bridgehead atoms. The molecule has 6 nitrogen and oxygen atoms in total. The summed E-state index contributed by atoms with van der Waals surface area (Å²) in [5.41, 5.74) is 0.333. The number of aromatic nitrogens is 2. The molecule has 0 unspecified atom stereocenters. The molecular formula is C14H11N3O3S. The van der Waals surface area contributed by atoms with Crippen molar-refractivity contribution in [1.29, 1.82) is 5.26 Å². The second-order valence-corrected chi connectivity index (χ2v) is 5.27. The molecule has 0 aliphatic heterocycles. The number of aromatic carboxylic acids is 1. The first-order valence-electron chi connectivity index (χ1n) is 6.07. The van der Waals surface area contributed by atoms with Crippen LogP contribution >= 0.6 is 11.8 Å². The van der Waals surface area contributed by atoms with Gasteiger partial charge >= 0.3 is 5.97 Å². The summed E-state index contributed by atoms with van der Waals surface area (Å²) >= 11 is 1.36. The van der Waals surface area contributed by atoms with Crippen molar-refractivity contribution in [3.63, 3.8) is 0 Å². The monoisotopic (exact) mass is 301 g/mol. The molecule has 1 heterocycles. The number of rotatable bonds is 4. The van der Waals surface area contributed by atoms with Gasteiger partial charge < -0.3 is 10.1 Å². The Kier molecular flexibility index (Phi) is 4.40. The Balaban J connectivity index is 2.58. The maximum Gasteiger partial charge on any atom is 0.335 e. The summed E-state index contributed by atoms with van der Waals surface area (Å²) in [7, 11) is 0. The summed E-state index contributed by atoms with van der Waals surface area (Å²) in [5, 5.41) is 18.4. The van der Waals surface area contributed by atoms with E-state index in [0.29, 0.717) is 10.7 Å². The van der Waals surface area contributed by atoms with Gasteiger partial charge in [0.05, 0.1) is 11.3 Å². The highest BCUT2D eigenvalue weighted by Crippen LogP contribution is 2.22. The van der Waals surface area contributed by atoms with Gasteiger partial charge in [-0.1, -0.05) is 30.8 Å². The van der Waals surface area contributed by atoms with Crippen molar-refractivity contribution in [3.05, 3.63) is 45.7 Å². The SMILES string of the molecule is CCSc1nc(-c2ccc(C(=O)O)cc2)c(C#N)c(=O)[nH]1. The molecule has 0 saturated heterocycles. The molecule has 21 heavy (non-hydrogen) atoms. The Labute approximate surface area is 124 Å². The lowest BCUT2D eigenvalue weighted by Gasteiger charge is -2.06. The third-order valence-corrected chi connectivity index (χ3v) is 3.45. The number of nitrogens with one attached hydrogen (secondary N) is 1. The summed E-state index contributed by atoms with van der Waals surface area (Å²) in [4.78, 5) is 29.6. The molecule has 0 saturated carbocycles. The minimum Gasteiger partial charge on any atom is -0.478 e. The van der Waals surface area contributed by atoms with Gasteiger partial charge in [-0.2, -0.15) is 5.26 Å². The second kappa shape index (κ2) is 6.24. The number of hydrogen-bond donors (Lipinski definition) is 2. The second-order valence-electron chi connectivity index (χ2n) is 4.02. The van der Waals surface area contributed by atoms with Gasteiger partial charge in [-0.25, -0.2) is 9.78 Å². The zero-order valence-corrected chi connectivity index (χ0v) is 11.9. The van der Waals surface area contributed by atoms with Crippen LogP contribution in [0.4, 0.5) is 0 Å². The molecule has 0 fully saturated rings. The number of hydrogen-bond acceptors (Lipinski definition) is 5. The Bertz CT molecular complexity index is 776. The summed E-state index contributed by atoms with van der Waals surface area (Å²) < 4.78 is 0. The molecule has 2 rings (SSSR count). The van der Waals surface area contributed by atoms with E-state index in [4.69, 9.17) is 10.4 Å². The van der Waals surface area contributed by atoms with Crippen LogP contribution in [0.1, 0.15) is 22.8 Å². The number of nitriles is 1. The average Bonchev–Trinajstić information content (AvgIpc) is 2.47. The van der Waals surface area contributed by atoms with E-state index >= 15 is 0 Å². The molecule has 0 aliphatic carbocycles. The highest BCUT2D eigenvalue weighted by molar-refractivity contribution is 7.99. The number of nitrogens with zero attached hydrogens (tertiary/aromatic N) is 2. The minimum absolute atomic E-state index is 0.0847. The third-order valence-electron chi connectivity index (χ3n) is 2.70. The van der Waals surface area contributed by atoms with Gasteiger partial charge in [0.2, 0.25) is 0 Å². The largest absolute Gasteiger partial charge is 0.478 e. The van der Waals surface area contributed by atoms with Crippen molar-refractivity contribution >= 4 is 17.7 Å². The number of carbonyl (C=O) groups is 1. The lowest BCUT2D eigenvalue weighted by molar-refractivity contribution is 0.0697. The molecule has 2 aromatic rings. The fourth-order valence-corrected chi connectivity index (χ4v) is 2.34. The normalized spacial score (nSPS) is 10.1. The van der Waals surface area contributed by atoms with Gasteiger partial charge in [0.1, 0.15) is 11.6 Å². The van der Waals surface area contributed by atoms with Crippen molar-refractivity contribution in [3.8, 4) is 17.3 Å². The fraction of sp³-hybridized carbons (Fsp3) is 0.143. The van der Waals surface area contributed by atoms with Crippen LogP contribution in [0.3, 0.4) is 0 Å². The average molecular weight is 301 g/mol. The smallest absolute Gasteiger partial charge is 0.335 e. The molecule has 0 atom stereocenters. The van der Waals surface area contributed by atoms with Crippen LogP contribution in [-0.2, 0) is 0 Å². The number of thioether (sulfide) groups is 1. The van der Waals surface area contributed by atoms with Crippen LogP contribution in [0.15, 0.2) is 34.2 Å². The zero-order chi connectivity index (χ0) is 15.4. The van der Waals surface area contributed by atoms with Crippen molar-refractivity contribution < 1.29 is 9.90 Å². The van der Waals surface area contributed by atoms with E-state index in [9.17, 15) is 9.59 Å².